The normalized spacial score (nSPS) is 10.2. The van der Waals surface area contributed by atoms with E-state index in [9.17, 15) is 15.3 Å². The summed E-state index contributed by atoms with van der Waals surface area (Å²) in [5.74, 6) is 0.370. The van der Waals surface area contributed by atoms with E-state index in [0.717, 1.165) is 28.8 Å². The Morgan fingerprint density at radius 1 is 1.09 bits per heavy atom. The molecule has 0 saturated heterocycles. The van der Waals surface area contributed by atoms with Gasteiger partial charge in [0.1, 0.15) is 28.5 Å². The molecule has 0 bridgehead atoms. The second kappa shape index (κ2) is 10.5. The molecule has 0 fully saturated rings. The summed E-state index contributed by atoms with van der Waals surface area (Å²) in [6, 6.07) is 19.6. The molecule has 1 aromatic heterocycles. The van der Waals surface area contributed by atoms with Gasteiger partial charge < -0.3 is 11.1 Å². The van der Waals surface area contributed by atoms with Crippen LogP contribution in [0, 0.1) is 29.6 Å². The fourth-order valence-corrected chi connectivity index (χ4v) is 4.20. The second-order valence-corrected chi connectivity index (χ2v) is 8.25. The topological polar surface area (TPSA) is 116 Å². The minimum Gasteiger partial charge on any atom is -0.383 e. The lowest BCUT2D eigenvalue weighted by Crippen LogP contribution is -2.13. The highest BCUT2D eigenvalue weighted by Crippen LogP contribution is 2.36. The summed E-state index contributed by atoms with van der Waals surface area (Å²) in [6.45, 7) is 3.99. The number of aromatic nitrogens is 1. The Labute approximate surface area is 192 Å². The summed E-state index contributed by atoms with van der Waals surface area (Å²) in [4.78, 5) is 16.6. The number of pyridine rings is 1. The summed E-state index contributed by atoms with van der Waals surface area (Å²) >= 11 is 1.28. The number of benzene rings is 2. The molecule has 0 aliphatic rings. The van der Waals surface area contributed by atoms with Gasteiger partial charge in [-0.05, 0) is 36.1 Å². The van der Waals surface area contributed by atoms with Crippen LogP contribution in [-0.2, 0) is 11.2 Å². The Morgan fingerprint density at radius 3 is 2.41 bits per heavy atom. The minimum absolute atomic E-state index is 0.0768. The summed E-state index contributed by atoms with van der Waals surface area (Å²) in [7, 11) is 0. The molecular weight excluding hydrogens is 418 g/mol. The predicted molar refractivity (Wildman–Crippen MR) is 128 cm³/mol. The van der Waals surface area contributed by atoms with Crippen LogP contribution in [0.4, 0.5) is 11.5 Å². The average molecular weight is 442 g/mol. The molecule has 6 nitrogen and oxygen atoms in total. The van der Waals surface area contributed by atoms with Gasteiger partial charge in [-0.3, -0.25) is 4.79 Å². The van der Waals surface area contributed by atoms with Gasteiger partial charge >= 0.3 is 0 Å². The maximum absolute atomic E-state index is 12.3. The average Bonchev–Trinajstić information content (AvgIpc) is 2.80. The zero-order chi connectivity index (χ0) is 23.1. The molecule has 0 aliphatic carbocycles. The Morgan fingerprint density at radius 2 is 1.78 bits per heavy atom. The first-order chi connectivity index (χ1) is 15.5. The molecule has 0 aliphatic heterocycles. The van der Waals surface area contributed by atoms with E-state index in [1.165, 1.54) is 11.8 Å². The lowest BCUT2D eigenvalue weighted by Gasteiger charge is -2.13. The first kappa shape index (κ1) is 22.9. The Hall–Kier alpha value is -3.81. The lowest BCUT2D eigenvalue weighted by atomic mass is 9.96. The van der Waals surface area contributed by atoms with Crippen LogP contribution in [0.3, 0.4) is 0 Å². The maximum atomic E-state index is 12.3. The van der Waals surface area contributed by atoms with Gasteiger partial charge in [-0.1, -0.05) is 49.4 Å². The van der Waals surface area contributed by atoms with E-state index in [0.29, 0.717) is 21.9 Å². The number of para-hydroxylation sites is 1. The third-order valence-corrected chi connectivity index (χ3v) is 6.03. The van der Waals surface area contributed by atoms with Crippen molar-refractivity contribution < 1.29 is 4.79 Å². The number of thioether (sulfide) groups is 1. The number of nitrogens with one attached hydrogen (secondary N) is 1. The van der Waals surface area contributed by atoms with Crippen molar-refractivity contribution in [3.8, 4) is 23.3 Å². The Kier molecular flexibility index (Phi) is 7.49. The highest BCUT2D eigenvalue weighted by Gasteiger charge is 2.20. The fourth-order valence-electron chi connectivity index (χ4n) is 3.26. The van der Waals surface area contributed by atoms with Gasteiger partial charge in [0.05, 0.1) is 5.56 Å². The van der Waals surface area contributed by atoms with E-state index in [2.05, 4.69) is 29.4 Å². The van der Waals surface area contributed by atoms with Crippen LogP contribution in [-0.4, -0.2) is 16.6 Å². The number of nitrogens with two attached hydrogens (primary N) is 1. The monoisotopic (exact) mass is 441 g/mol. The minimum atomic E-state index is -0.123. The number of carbonyl (C=O) groups is 1. The smallest absolute Gasteiger partial charge is 0.225 e. The molecule has 0 saturated carbocycles. The Balaban J connectivity index is 1.83. The van der Waals surface area contributed by atoms with Gasteiger partial charge in [-0.25, -0.2) is 4.98 Å². The number of carbonyl (C=O) groups excluding carboxylic acids is 1. The van der Waals surface area contributed by atoms with Crippen LogP contribution in [0.1, 0.15) is 35.6 Å². The van der Waals surface area contributed by atoms with Crippen LogP contribution < -0.4 is 11.1 Å². The van der Waals surface area contributed by atoms with Crippen LogP contribution in [0.25, 0.3) is 11.1 Å². The maximum Gasteiger partial charge on any atom is 0.225 e. The van der Waals surface area contributed by atoms with Crippen molar-refractivity contribution in [1.29, 1.82) is 10.5 Å². The summed E-state index contributed by atoms with van der Waals surface area (Å²) < 4.78 is 0. The molecule has 3 rings (SSSR count). The molecule has 7 heteroatoms. The number of nitrogens with zero attached hydrogens (tertiary/aromatic N) is 3. The zero-order valence-electron chi connectivity index (χ0n) is 18.0. The lowest BCUT2D eigenvalue weighted by molar-refractivity contribution is -0.115. The highest BCUT2D eigenvalue weighted by atomic mass is 32.2. The van der Waals surface area contributed by atoms with Gasteiger partial charge in [0.2, 0.25) is 5.91 Å². The number of anilines is 2. The summed E-state index contributed by atoms with van der Waals surface area (Å²) in [5, 5.41) is 22.8. The van der Waals surface area contributed by atoms with Crippen molar-refractivity contribution in [1.82, 2.24) is 4.98 Å². The number of rotatable bonds is 7. The van der Waals surface area contributed by atoms with E-state index >= 15 is 0 Å². The van der Waals surface area contributed by atoms with Crippen molar-refractivity contribution in [3.63, 3.8) is 0 Å². The van der Waals surface area contributed by atoms with Crippen LogP contribution in [0.5, 0.6) is 0 Å². The van der Waals surface area contributed by atoms with Crippen molar-refractivity contribution in [3.05, 3.63) is 70.8 Å². The largest absolute Gasteiger partial charge is 0.383 e. The number of nitriles is 2. The number of hydrogen-bond acceptors (Lipinski definition) is 6. The van der Waals surface area contributed by atoms with E-state index in [4.69, 9.17) is 5.73 Å². The summed E-state index contributed by atoms with van der Waals surface area (Å²) in [5.41, 5.74) is 10.7. The quantitative estimate of drug-likeness (QED) is 0.495. The molecule has 0 atom stereocenters. The molecule has 160 valence electrons. The first-order valence-electron chi connectivity index (χ1n) is 10.2. The molecule has 0 unspecified atom stereocenters. The second-order valence-electron chi connectivity index (χ2n) is 7.16. The molecule has 32 heavy (non-hydrogen) atoms. The molecule has 0 spiro atoms. The Bertz CT molecular complexity index is 1220. The molecule has 1 amide bonds. The number of nitrogen functional groups attached to an aromatic ring is 1. The number of amides is 1. The van der Waals surface area contributed by atoms with Crippen molar-refractivity contribution in [2.45, 2.75) is 31.7 Å². The van der Waals surface area contributed by atoms with Crippen molar-refractivity contribution in [2.24, 2.45) is 0 Å². The summed E-state index contributed by atoms with van der Waals surface area (Å²) in [6.07, 6.45) is 1.13. The number of aryl methyl sites for hydroxylation is 2. The SMILES string of the molecule is CCc1ccc(-c2c(C#N)c(N)nc(SCCC(=O)Nc3ccccc3C)c2C#N)cc1. The van der Waals surface area contributed by atoms with Gasteiger partial charge in [0.15, 0.2) is 0 Å². The molecule has 3 aromatic rings. The van der Waals surface area contributed by atoms with Gasteiger partial charge in [-0.15, -0.1) is 11.8 Å². The molecule has 2 aromatic carbocycles. The van der Waals surface area contributed by atoms with E-state index in [-0.39, 0.29) is 23.7 Å². The molecule has 3 N–H and O–H groups in total. The van der Waals surface area contributed by atoms with Crippen LogP contribution >= 0.6 is 11.8 Å². The first-order valence-corrected chi connectivity index (χ1v) is 11.2. The van der Waals surface area contributed by atoms with Gasteiger partial charge in [0, 0.05) is 23.4 Å². The van der Waals surface area contributed by atoms with Crippen LogP contribution in [0.2, 0.25) is 0 Å². The molecule has 1 heterocycles. The predicted octanol–water partition coefficient (Wildman–Crippen LogP) is 5.07. The highest BCUT2D eigenvalue weighted by molar-refractivity contribution is 7.99. The standard InChI is InChI=1S/C25H23N5OS/c1-3-17-8-10-18(11-9-17)23-19(14-26)24(28)30-25(20(23)15-27)32-13-12-22(31)29-21-7-5-4-6-16(21)2/h4-11H,3,12-13H2,1-2H3,(H2,28,30)(H,29,31). The molecular formula is C25H23N5OS. The zero-order valence-corrected chi connectivity index (χ0v) is 18.8. The van der Waals surface area contributed by atoms with E-state index < -0.39 is 0 Å². The van der Waals surface area contributed by atoms with Gasteiger partial charge in [-0.2, -0.15) is 10.5 Å². The van der Waals surface area contributed by atoms with Crippen molar-refractivity contribution in [2.75, 3.05) is 16.8 Å². The number of hydrogen-bond donors (Lipinski definition) is 2. The van der Waals surface area contributed by atoms with Crippen LogP contribution in [0.15, 0.2) is 53.6 Å². The van der Waals surface area contributed by atoms with E-state index in [1.807, 2.05) is 55.5 Å². The fraction of sp³-hybridized carbons (Fsp3) is 0.200. The van der Waals surface area contributed by atoms with Gasteiger partial charge in [0.25, 0.3) is 0 Å². The van der Waals surface area contributed by atoms with Crippen molar-refractivity contribution >= 4 is 29.2 Å². The third kappa shape index (κ3) is 5.08. The molecule has 0 radical (unpaired) electrons. The third-order valence-electron chi connectivity index (χ3n) is 5.05. The van der Waals surface area contributed by atoms with E-state index in [1.54, 1.807) is 0 Å².